The van der Waals surface area contributed by atoms with E-state index in [0.717, 1.165) is 12.8 Å². The lowest BCUT2D eigenvalue weighted by molar-refractivity contribution is -0.151. The highest BCUT2D eigenvalue weighted by atomic mass is 16.4. The lowest BCUT2D eigenvalue weighted by Crippen LogP contribution is -2.45. The second-order valence-corrected chi connectivity index (χ2v) is 7.62. The average Bonchev–Trinajstić information content (AvgIpc) is 3.21. The van der Waals surface area contributed by atoms with E-state index in [9.17, 15) is 14.7 Å². The summed E-state index contributed by atoms with van der Waals surface area (Å²) >= 11 is 0. The summed E-state index contributed by atoms with van der Waals surface area (Å²) in [5.74, 6) is 1.35. The average molecular weight is 293 g/mol. The number of aliphatic carboxylic acids is 1. The van der Waals surface area contributed by atoms with Crippen LogP contribution in [0.15, 0.2) is 0 Å². The third-order valence-corrected chi connectivity index (χ3v) is 6.25. The molecule has 3 aliphatic rings. The molecule has 3 fully saturated rings. The van der Waals surface area contributed by atoms with Gasteiger partial charge in [0.05, 0.1) is 5.41 Å². The summed E-state index contributed by atoms with van der Waals surface area (Å²) in [6, 6.07) is 0. The van der Waals surface area contributed by atoms with Crippen molar-refractivity contribution in [3.05, 3.63) is 0 Å². The highest BCUT2D eigenvalue weighted by Crippen LogP contribution is 2.55. The van der Waals surface area contributed by atoms with Gasteiger partial charge < -0.3 is 10.4 Å². The van der Waals surface area contributed by atoms with E-state index in [1.54, 1.807) is 0 Å². The Morgan fingerprint density at radius 1 is 1.10 bits per heavy atom. The van der Waals surface area contributed by atoms with Gasteiger partial charge in [-0.3, -0.25) is 9.59 Å². The zero-order chi connectivity index (χ0) is 15.0. The van der Waals surface area contributed by atoms with E-state index < -0.39 is 11.4 Å². The number of carbonyl (C=O) groups excluding carboxylic acids is 1. The fraction of sp³-hybridized carbons (Fsp3) is 0.882. The Morgan fingerprint density at radius 3 is 2.19 bits per heavy atom. The van der Waals surface area contributed by atoms with Crippen LogP contribution in [0.25, 0.3) is 0 Å². The number of hydrogen-bond acceptors (Lipinski definition) is 2. The van der Waals surface area contributed by atoms with Crippen molar-refractivity contribution in [1.82, 2.24) is 5.32 Å². The highest BCUT2D eigenvalue weighted by molar-refractivity contribution is 5.83. The number of carbonyl (C=O) groups is 2. The van der Waals surface area contributed by atoms with E-state index in [1.165, 1.54) is 25.7 Å². The number of rotatable bonds is 4. The Labute approximate surface area is 126 Å². The number of hydrogen-bond donors (Lipinski definition) is 2. The molecule has 0 aromatic carbocycles. The van der Waals surface area contributed by atoms with Crippen LogP contribution in [-0.2, 0) is 9.59 Å². The highest BCUT2D eigenvalue weighted by Gasteiger charge is 2.55. The van der Waals surface area contributed by atoms with Gasteiger partial charge >= 0.3 is 5.97 Å². The first-order valence-corrected chi connectivity index (χ1v) is 8.55. The van der Waals surface area contributed by atoms with Crippen molar-refractivity contribution in [2.45, 2.75) is 58.3 Å². The molecule has 3 rings (SSSR count). The molecule has 1 amide bonds. The van der Waals surface area contributed by atoms with Crippen LogP contribution >= 0.6 is 0 Å². The minimum absolute atomic E-state index is 0.117. The molecular formula is C17H27NO3. The smallest absolute Gasteiger partial charge is 0.311 e. The van der Waals surface area contributed by atoms with E-state index in [-0.39, 0.29) is 11.8 Å². The SMILES string of the molecule is CC1CCC(CNC(=O)C2C3CCCCC32)(C(=O)O)CC1. The molecule has 4 heteroatoms. The summed E-state index contributed by atoms with van der Waals surface area (Å²) in [4.78, 5) is 24.0. The molecule has 4 nitrogen and oxygen atoms in total. The van der Waals surface area contributed by atoms with Crippen molar-refractivity contribution in [3.63, 3.8) is 0 Å². The molecule has 3 saturated carbocycles. The quantitative estimate of drug-likeness (QED) is 0.837. The van der Waals surface area contributed by atoms with Crippen LogP contribution in [0.1, 0.15) is 58.3 Å². The molecule has 2 N–H and O–H groups in total. The van der Waals surface area contributed by atoms with E-state index >= 15 is 0 Å². The second-order valence-electron chi connectivity index (χ2n) is 7.62. The van der Waals surface area contributed by atoms with Gasteiger partial charge in [-0.15, -0.1) is 0 Å². The molecular weight excluding hydrogens is 266 g/mol. The van der Waals surface area contributed by atoms with Crippen LogP contribution in [0.3, 0.4) is 0 Å². The predicted octanol–water partition coefficient (Wildman–Crippen LogP) is 2.82. The summed E-state index contributed by atoms with van der Waals surface area (Å²) in [7, 11) is 0. The first-order chi connectivity index (χ1) is 10.0. The Bertz CT molecular complexity index is 414. The molecule has 0 spiro atoms. The van der Waals surface area contributed by atoms with Crippen LogP contribution in [0, 0.1) is 29.1 Å². The van der Waals surface area contributed by atoms with Gasteiger partial charge in [0, 0.05) is 12.5 Å². The summed E-state index contributed by atoms with van der Waals surface area (Å²) in [6.07, 6.45) is 8.18. The monoisotopic (exact) mass is 293 g/mol. The van der Waals surface area contributed by atoms with Gasteiger partial charge in [0.1, 0.15) is 0 Å². The zero-order valence-corrected chi connectivity index (χ0v) is 12.9. The molecule has 0 saturated heterocycles. The molecule has 2 unspecified atom stereocenters. The van der Waals surface area contributed by atoms with Gasteiger partial charge in [0.15, 0.2) is 0 Å². The minimum atomic E-state index is -0.733. The summed E-state index contributed by atoms with van der Waals surface area (Å²) in [6.45, 7) is 2.50. The second kappa shape index (κ2) is 5.62. The summed E-state index contributed by atoms with van der Waals surface area (Å²) in [5.41, 5.74) is -0.720. The molecule has 21 heavy (non-hydrogen) atoms. The Balaban J connectivity index is 1.55. The van der Waals surface area contributed by atoms with Crippen LogP contribution in [0.5, 0.6) is 0 Å². The molecule has 0 bridgehead atoms. The Hall–Kier alpha value is -1.06. The van der Waals surface area contributed by atoms with Crippen LogP contribution < -0.4 is 5.32 Å². The number of carboxylic acid groups (broad SMARTS) is 1. The molecule has 0 heterocycles. The van der Waals surface area contributed by atoms with E-state index in [4.69, 9.17) is 0 Å². The van der Waals surface area contributed by atoms with Gasteiger partial charge in [-0.1, -0.05) is 19.8 Å². The van der Waals surface area contributed by atoms with Crippen molar-refractivity contribution in [2.24, 2.45) is 29.1 Å². The topological polar surface area (TPSA) is 66.4 Å². The first-order valence-electron chi connectivity index (χ1n) is 8.55. The van der Waals surface area contributed by atoms with Crippen LogP contribution in [0.2, 0.25) is 0 Å². The molecule has 3 aliphatic carbocycles. The lowest BCUT2D eigenvalue weighted by Gasteiger charge is -2.35. The van der Waals surface area contributed by atoms with Crippen molar-refractivity contribution in [2.75, 3.05) is 6.54 Å². The van der Waals surface area contributed by atoms with Crippen molar-refractivity contribution in [3.8, 4) is 0 Å². The number of carboxylic acids is 1. The predicted molar refractivity (Wildman–Crippen MR) is 79.6 cm³/mol. The van der Waals surface area contributed by atoms with Crippen molar-refractivity contribution < 1.29 is 14.7 Å². The maximum absolute atomic E-state index is 12.3. The van der Waals surface area contributed by atoms with Crippen molar-refractivity contribution in [1.29, 1.82) is 0 Å². The van der Waals surface area contributed by atoms with Gasteiger partial charge in [0.2, 0.25) is 5.91 Å². The molecule has 0 aromatic heterocycles. The third kappa shape index (κ3) is 2.82. The van der Waals surface area contributed by atoms with Gasteiger partial charge in [-0.25, -0.2) is 0 Å². The third-order valence-electron chi connectivity index (χ3n) is 6.25. The lowest BCUT2D eigenvalue weighted by atomic mass is 9.71. The molecule has 118 valence electrons. The maximum Gasteiger partial charge on any atom is 0.311 e. The van der Waals surface area contributed by atoms with Gasteiger partial charge in [0.25, 0.3) is 0 Å². The Morgan fingerprint density at radius 2 is 1.67 bits per heavy atom. The Kier molecular flexibility index (Phi) is 3.98. The van der Waals surface area contributed by atoms with Crippen LogP contribution in [0.4, 0.5) is 0 Å². The fourth-order valence-electron chi connectivity index (χ4n) is 4.54. The van der Waals surface area contributed by atoms with Crippen molar-refractivity contribution >= 4 is 11.9 Å². The van der Waals surface area contributed by atoms with Gasteiger partial charge in [-0.2, -0.15) is 0 Å². The number of nitrogens with one attached hydrogen (secondary N) is 1. The summed E-state index contributed by atoms with van der Waals surface area (Å²) in [5, 5.41) is 12.6. The maximum atomic E-state index is 12.3. The number of amides is 1. The summed E-state index contributed by atoms with van der Waals surface area (Å²) < 4.78 is 0. The van der Waals surface area contributed by atoms with Gasteiger partial charge in [-0.05, 0) is 56.3 Å². The standard InChI is InChI=1S/C17H27NO3/c1-11-6-8-17(9-7-11,16(20)21)10-18-15(19)14-12-4-2-3-5-13(12)14/h11-14H,2-10H2,1H3,(H,18,19)(H,20,21). The largest absolute Gasteiger partial charge is 0.481 e. The molecule has 0 radical (unpaired) electrons. The van der Waals surface area contributed by atoms with Crippen LogP contribution in [-0.4, -0.2) is 23.5 Å². The normalized spacial score (nSPS) is 42.0. The van der Waals surface area contributed by atoms with E-state index in [0.29, 0.717) is 37.1 Å². The first kappa shape index (κ1) is 14.9. The van der Waals surface area contributed by atoms with E-state index in [1.807, 2.05) is 0 Å². The van der Waals surface area contributed by atoms with E-state index in [2.05, 4.69) is 12.2 Å². The molecule has 0 aliphatic heterocycles. The fourth-order valence-corrected chi connectivity index (χ4v) is 4.54. The zero-order valence-electron chi connectivity index (χ0n) is 12.9. The molecule has 0 aromatic rings. The molecule has 2 atom stereocenters. The minimum Gasteiger partial charge on any atom is -0.481 e. The number of fused-ring (bicyclic) bond motifs is 1.